The number of hydrogen-bond acceptors (Lipinski definition) is 2. The molecule has 1 aromatic carbocycles. The number of rotatable bonds is 2. The molecule has 1 aromatic rings. The van der Waals surface area contributed by atoms with Crippen LogP contribution in [0.4, 0.5) is 23.7 Å². The monoisotopic (exact) mass is 316 g/mol. The van der Waals surface area contributed by atoms with Crippen LogP contribution in [0.2, 0.25) is 0 Å². The molecule has 2 unspecified atom stereocenters. The van der Waals surface area contributed by atoms with Crippen molar-refractivity contribution >= 4 is 11.7 Å². The molecule has 0 aromatic heterocycles. The number of carbonyl (C=O) groups excluding carboxylic acids is 1. The Kier molecular flexibility index (Phi) is 4.95. The number of alkyl halides is 3. The van der Waals surface area contributed by atoms with Gasteiger partial charge in [0.25, 0.3) is 0 Å². The minimum atomic E-state index is -4.53. The molecule has 2 rings (SSSR count). The quantitative estimate of drug-likeness (QED) is 0.879. The summed E-state index contributed by atoms with van der Waals surface area (Å²) in [6.07, 6.45) is -2.88. The summed E-state index contributed by atoms with van der Waals surface area (Å²) in [6.45, 7) is 2.15. The highest BCUT2D eigenvalue weighted by Crippen LogP contribution is 2.35. The third-order valence-electron chi connectivity index (χ3n) is 4.04. The van der Waals surface area contributed by atoms with E-state index in [1.54, 1.807) is 0 Å². The summed E-state index contributed by atoms with van der Waals surface area (Å²) in [5.74, 6) is 0.113. The lowest BCUT2D eigenvalue weighted by molar-refractivity contribution is -0.136. The number of carbonyl (C=O) groups is 1. The fourth-order valence-electron chi connectivity index (χ4n) is 2.81. The molecule has 0 aliphatic carbocycles. The van der Waals surface area contributed by atoms with Gasteiger partial charge < -0.3 is 15.3 Å². The van der Waals surface area contributed by atoms with E-state index in [9.17, 15) is 23.1 Å². The lowest BCUT2D eigenvalue weighted by Crippen LogP contribution is -2.51. The summed E-state index contributed by atoms with van der Waals surface area (Å²) in [5.41, 5.74) is -1.15. The molecule has 22 heavy (non-hydrogen) atoms. The Labute approximate surface area is 126 Å². The Bertz CT molecular complexity index is 534. The van der Waals surface area contributed by atoms with Gasteiger partial charge in [-0.2, -0.15) is 13.2 Å². The number of aliphatic hydroxyl groups is 1. The smallest absolute Gasteiger partial charge is 0.394 e. The van der Waals surface area contributed by atoms with Crippen LogP contribution in [0.3, 0.4) is 0 Å². The molecule has 1 aliphatic rings. The summed E-state index contributed by atoms with van der Waals surface area (Å²) in [5, 5.41) is 11.8. The van der Waals surface area contributed by atoms with Gasteiger partial charge in [-0.25, -0.2) is 4.79 Å². The summed E-state index contributed by atoms with van der Waals surface area (Å²) in [7, 11) is 0. The Morgan fingerprint density at radius 3 is 2.73 bits per heavy atom. The zero-order valence-corrected chi connectivity index (χ0v) is 12.2. The molecule has 7 heteroatoms. The average molecular weight is 316 g/mol. The maximum absolute atomic E-state index is 12.9. The van der Waals surface area contributed by atoms with Gasteiger partial charge in [0, 0.05) is 6.54 Å². The number of halogens is 3. The van der Waals surface area contributed by atoms with Crippen molar-refractivity contribution in [3.8, 4) is 0 Å². The molecular weight excluding hydrogens is 297 g/mol. The minimum absolute atomic E-state index is 0.113. The van der Waals surface area contributed by atoms with Crippen LogP contribution in [0.1, 0.15) is 25.3 Å². The zero-order chi connectivity index (χ0) is 16.3. The molecule has 1 saturated heterocycles. The number of urea groups is 1. The summed E-state index contributed by atoms with van der Waals surface area (Å²) in [4.78, 5) is 13.7. The molecule has 2 atom stereocenters. The van der Waals surface area contributed by atoms with Crippen molar-refractivity contribution in [1.82, 2.24) is 4.90 Å². The Hall–Kier alpha value is -1.76. The van der Waals surface area contributed by atoms with E-state index in [2.05, 4.69) is 5.32 Å². The largest absolute Gasteiger partial charge is 0.418 e. The third kappa shape index (κ3) is 3.52. The van der Waals surface area contributed by atoms with Crippen LogP contribution in [-0.4, -0.2) is 35.2 Å². The van der Waals surface area contributed by atoms with Crippen LogP contribution in [-0.2, 0) is 6.18 Å². The Morgan fingerprint density at radius 2 is 2.09 bits per heavy atom. The first-order valence-corrected chi connectivity index (χ1v) is 7.19. The van der Waals surface area contributed by atoms with Gasteiger partial charge in [0.05, 0.1) is 23.9 Å². The van der Waals surface area contributed by atoms with Crippen molar-refractivity contribution in [2.24, 2.45) is 5.92 Å². The van der Waals surface area contributed by atoms with Crippen molar-refractivity contribution in [2.45, 2.75) is 32.0 Å². The predicted molar refractivity (Wildman–Crippen MR) is 76.4 cm³/mol. The minimum Gasteiger partial charge on any atom is -0.394 e. The SMILES string of the molecule is CC1CCCN(C(=O)Nc2ccccc2C(F)(F)F)C1CO. The molecule has 1 fully saturated rings. The number of nitrogens with zero attached hydrogens (tertiary/aromatic N) is 1. The first-order chi connectivity index (χ1) is 10.3. The maximum Gasteiger partial charge on any atom is 0.418 e. The number of anilines is 1. The number of piperidine rings is 1. The predicted octanol–water partition coefficient (Wildman–Crippen LogP) is 3.33. The van der Waals surface area contributed by atoms with Gasteiger partial charge in [-0.05, 0) is 30.9 Å². The van der Waals surface area contributed by atoms with E-state index < -0.39 is 17.8 Å². The van der Waals surface area contributed by atoms with E-state index in [0.29, 0.717) is 6.54 Å². The number of nitrogens with one attached hydrogen (secondary N) is 1. The van der Waals surface area contributed by atoms with Crippen molar-refractivity contribution in [3.63, 3.8) is 0 Å². The average Bonchev–Trinajstić information content (AvgIpc) is 2.46. The summed E-state index contributed by atoms with van der Waals surface area (Å²) >= 11 is 0. The first kappa shape index (κ1) is 16.6. The first-order valence-electron chi connectivity index (χ1n) is 7.19. The second-order valence-electron chi connectivity index (χ2n) is 5.54. The number of amides is 2. The molecule has 0 saturated carbocycles. The molecule has 1 aliphatic heterocycles. The van der Waals surface area contributed by atoms with E-state index >= 15 is 0 Å². The molecule has 4 nitrogen and oxygen atoms in total. The Morgan fingerprint density at radius 1 is 1.41 bits per heavy atom. The molecule has 0 radical (unpaired) electrons. The van der Waals surface area contributed by atoms with Gasteiger partial charge in [0.2, 0.25) is 0 Å². The van der Waals surface area contributed by atoms with Crippen LogP contribution in [0.5, 0.6) is 0 Å². The lowest BCUT2D eigenvalue weighted by atomic mass is 9.91. The van der Waals surface area contributed by atoms with Crippen LogP contribution in [0.25, 0.3) is 0 Å². The standard InChI is InChI=1S/C15H19F3N2O2/c1-10-5-4-8-20(13(10)9-21)14(22)19-12-7-3-2-6-11(12)15(16,17)18/h2-3,6-7,10,13,21H,4-5,8-9H2,1H3,(H,19,22). The molecule has 2 amide bonds. The van der Waals surface area contributed by atoms with Crippen molar-refractivity contribution in [1.29, 1.82) is 0 Å². The second kappa shape index (κ2) is 6.56. The molecule has 0 spiro atoms. The van der Waals surface area contributed by atoms with Crippen LogP contribution >= 0.6 is 0 Å². The highest BCUT2D eigenvalue weighted by Gasteiger charge is 2.35. The van der Waals surface area contributed by atoms with Gasteiger partial charge >= 0.3 is 12.2 Å². The van der Waals surface area contributed by atoms with Crippen LogP contribution in [0, 0.1) is 5.92 Å². The molecular formula is C15H19F3N2O2. The van der Waals surface area contributed by atoms with E-state index in [4.69, 9.17) is 0 Å². The van der Waals surface area contributed by atoms with Gasteiger partial charge in [-0.3, -0.25) is 0 Å². The van der Waals surface area contributed by atoms with Gasteiger partial charge in [0.15, 0.2) is 0 Å². The van der Waals surface area contributed by atoms with Gasteiger partial charge in [0.1, 0.15) is 0 Å². The van der Waals surface area contributed by atoms with Crippen molar-refractivity contribution in [3.05, 3.63) is 29.8 Å². The summed E-state index contributed by atoms with van der Waals surface area (Å²) in [6, 6.07) is 3.89. The normalized spacial score (nSPS) is 22.5. The topological polar surface area (TPSA) is 52.6 Å². The fraction of sp³-hybridized carbons (Fsp3) is 0.533. The zero-order valence-electron chi connectivity index (χ0n) is 12.2. The van der Waals surface area contributed by atoms with E-state index in [1.165, 1.54) is 23.1 Å². The summed E-state index contributed by atoms with van der Waals surface area (Å²) < 4.78 is 38.8. The highest BCUT2D eigenvalue weighted by molar-refractivity contribution is 5.90. The molecule has 2 N–H and O–H groups in total. The van der Waals surface area contributed by atoms with E-state index in [1.807, 2.05) is 6.92 Å². The molecule has 0 bridgehead atoms. The Balaban J connectivity index is 2.19. The van der Waals surface area contributed by atoms with Crippen LogP contribution in [0.15, 0.2) is 24.3 Å². The molecule has 1 heterocycles. The second-order valence-corrected chi connectivity index (χ2v) is 5.54. The number of likely N-dealkylation sites (tertiary alicyclic amines) is 1. The maximum atomic E-state index is 12.9. The van der Waals surface area contributed by atoms with E-state index in [-0.39, 0.29) is 24.3 Å². The third-order valence-corrected chi connectivity index (χ3v) is 4.04. The van der Waals surface area contributed by atoms with E-state index in [0.717, 1.165) is 18.9 Å². The van der Waals surface area contributed by atoms with Crippen LogP contribution < -0.4 is 5.32 Å². The van der Waals surface area contributed by atoms with Crippen molar-refractivity contribution in [2.75, 3.05) is 18.5 Å². The number of hydrogen-bond donors (Lipinski definition) is 2. The molecule has 122 valence electrons. The van der Waals surface area contributed by atoms with Gasteiger partial charge in [-0.1, -0.05) is 19.1 Å². The number of aliphatic hydroxyl groups excluding tert-OH is 1. The lowest BCUT2D eigenvalue weighted by Gasteiger charge is -2.39. The van der Waals surface area contributed by atoms with Crippen molar-refractivity contribution < 1.29 is 23.1 Å². The van der Waals surface area contributed by atoms with Gasteiger partial charge in [-0.15, -0.1) is 0 Å². The number of benzene rings is 1. The highest BCUT2D eigenvalue weighted by atomic mass is 19.4. The number of para-hydroxylation sites is 1. The fourth-order valence-corrected chi connectivity index (χ4v) is 2.81.